The molecule has 1 aliphatic carbocycles. The molecule has 12 heavy (non-hydrogen) atoms. The van der Waals surface area contributed by atoms with Crippen molar-refractivity contribution in [3.05, 3.63) is 0 Å². The Morgan fingerprint density at radius 2 is 2.42 bits per heavy atom. The highest BCUT2D eigenvalue weighted by Crippen LogP contribution is 2.36. The van der Waals surface area contributed by atoms with Gasteiger partial charge in [-0.3, -0.25) is 4.99 Å². The van der Waals surface area contributed by atoms with E-state index in [1.54, 1.807) is 18.9 Å². The van der Waals surface area contributed by atoms with Gasteiger partial charge in [-0.05, 0) is 19.3 Å². The second-order valence-electron chi connectivity index (χ2n) is 3.36. The van der Waals surface area contributed by atoms with Crippen LogP contribution in [-0.2, 0) is 4.74 Å². The summed E-state index contributed by atoms with van der Waals surface area (Å²) in [6.07, 6.45) is 3.81. The highest BCUT2D eigenvalue weighted by molar-refractivity contribution is 8.14. The SMILES string of the molecule is CO[C@@H]1CC[C@H]2N=C(N)S[C@@H]2C1. The van der Waals surface area contributed by atoms with Gasteiger partial charge in [-0.25, -0.2) is 0 Å². The largest absolute Gasteiger partial charge is 0.381 e. The molecular weight excluding hydrogens is 172 g/mol. The molecule has 4 heteroatoms. The van der Waals surface area contributed by atoms with E-state index >= 15 is 0 Å². The van der Waals surface area contributed by atoms with Crippen LogP contribution in [0.4, 0.5) is 0 Å². The molecule has 0 aromatic carbocycles. The fourth-order valence-electron chi connectivity index (χ4n) is 1.91. The smallest absolute Gasteiger partial charge is 0.154 e. The summed E-state index contributed by atoms with van der Waals surface area (Å²) in [7, 11) is 1.79. The van der Waals surface area contributed by atoms with Crippen LogP contribution in [0.2, 0.25) is 0 Å². The molecule has 1 heterocycles. The third-order valence-electron chi connectivity index (χ3n) is 2.61. The molecule has 3 nitrogen and oxygen atoms in total. The predicted octanol–water partition coefficient (Wildman–Crippen LogP) is 0.984. The molecule has 68 valence electrons. The summed E-state index contributed by atoms with van der Waals surface area (Å²) >= 11 is 1.72. The van der Waals surface area contributed by atoms with E-state index in [1.807, 2.05) is 0 Å². The number of amidine groups is 1. The van der Waals surface area contributed by atoms with Crippen molar-refractivity contribution in [3.8, 4) is 0 Å². The van der Waals surface area contributed by atoms with Crippen LogP contribution >= 0.6 is 11.8 Å². The van der Waals surface area contributed by atoms with Crippen LogP contribution in [0.25, 0.3) is 0 Å². The maximum Gasteiger partial charge on any atom is 0.154 e. The van der Waals surface area contributed by atoms with Gasteiger partial charge in [0.2, 0.25) is 0 Å². The highest BCUT2D eigenvalue weighted by Gasteiger charge is 2.35. The zero-order chi connectivity index (χ0) is 8.55. The summed E-state index contributed by atoms with van der Waals surface area (Å²) in [5, 5.41) is 1.35. The van der Waals surface area contributed by atoms with Crippen LogP contribution in [0.3, 0.4) is 0 Å². The first-order valence-corrected chi connectivity index (χ1v) is 5.20. The van der Waals surface area contributed by atoms with Gasteiger partial charge in [0.1, 0.15) is 0 Å². The van der Waals surface area contributed by atoms with Crippen LogP contribution in [0.5, 0.6) is 0 Å². The van der Waals surface area contributed by atoms with Gasteiger partial charge < -0.3 is 10.5 Å². The second-order valence-corrected chi connectivity index (χ2v) is 4.62. The van der Waals surface area contributed by atoms with E-state index in [-0.39, 0.29) is 0 Å². The summed E-state index contributed by atoms with van der Waals surface area (Å²) < 4.78 is 5.33. The Hall–Kier alpha value is -0.220. The van der Waals surface area contributed by atoms with E-state index in [1.165, 1.54) is 0 Å². The lowest BCUT2D eigenvalue weighted by Gasteiger charge is -2.28. The minimum Gasteiger partial charge on any atom is -0.381 e. The number of nitrogens with zero attached hydrogens (tertiary/aromatic N) is 1. The summed E-state index contributed by atoms with van der Waals surface area (Å²) in [5.74, 6) is 0. The van der Waals surface area contributed by atoms with Gasteiger partial charge >= 0.3 is 0 Å². The zero-order valence-corrected chi connectivity index (χ0v) is 8.01. The lowest BCUT2D eigenvalue weighted by atomic mass is 9.93. The fraction of sp³-hybridized carbons (Fsp3) is 0.875. The van der Waals surface area contributed by atoms with E-state index < -0.39 is 0 Å². The molecule has 2 N–H and O–H groups in total. The second kappa shape index (κ2) is 3.26. The topological polar surface area (TPSA) is 47.6 Å². The Balaban J connectivity index is 1.97. The average molecular weight is 186 g/mol. The van der Waals surface area contributed by atoms with Crippen molar-refractivity contribution >= 4 is 16.9 Å². The minimum absolute atomic E-state index is 0.430. The minimum atomic E-state index is 0.430. The molecule has 0 aromatic rings. The molecule has 0 amide bonds. The molecule has 1 aliphatic heterocycles. The summed E-state index contributed by atoms with van der Waals surface area (Å²) in [4.78, 5) is 4.38. The molecule has 3 atom stereocenters. The molecule has 1 fully saturated rings. The number of hydrogen-bond acceptors (Lipinski definition) is 4. The first-order chi connectivity index (χ1) is 5.79. The summed E-state index contributed by atoms with van der Waals surface area (Å²) in [6, 6.07) is 0.474. The van der Waals surface area contributed by atoms with Gasteiger partial charge in [0.25, 0.3) is 0 Å². The standard InChI is InChI=1S/C8H14N2OS/c1-11-5-2-3-6-7(4-5)12-8(9)10-6/h5-7H,2-4H2,1H3,(H2,9,10)/t5-,6-,7-/m1/s1. The third-order valence-corrected chi connectivity index (χ3v) is 3.76. The number of nitrogens with two attached hydrogens (primary N) is 1. The van der Waals surface area contributed by atoms with E-state index in [0.29, 0.717) is 17.4 Å². The van der Waals surface area contributed by atoms with Gasteiger partial charge in [0.15, 0.2) is 5.17 Å². The Bertz CT molecular complexity index is 207. The third kappa shape index (κ3) is 1.45. The number of hydrogen-bond donors (Lipinski definition) is 1. The highest BCUT2D eigenvalue weighted by atomic mass is 32.2. The molecule has 0 spiro atoms. The molecule has 0 aromatic heterocycles. The van der Waals surface area contributed by atoms with Gasteiger partial charge in [-0.15, -0.1) is 0 Å². The molecule has 2 aliphatic rings. The zero-order valence-electron chi connectivity index (χ0n) is 7.19. The molecule has 1 saturated carbocycles. The van der Waals surface area contributed by atoms with Crippen molar-refractivity contribution in [2.24, 2.45) is 10.7 Å². The van der Waals surface area contributed by atoms with Crippen molar-refractivity contribution in [2.45, 2.75) is 36.7 Å². The van der Waals surface area contributed by atoms with Gasteiger partial charge in [-0.1, -0.05) is 11.8 Å². The van der Waals surface area contributed by atoms with Gasteiger partial charge in [0.05, 0.1) is 12.1 Å². The van der Waals surface area contributed by atoms with Crippen LogP contribution in [0, 0.1) is 0 Å². The Morgan fingerprint density at radius 3 is 3.17 bits per heavy atom. The van der Waals surface area contributed by atoms with E-state index in [9.17, 15) is 0 Å². The van der Waals surface area contributed by atoms with Crippen molar-refractivity contribution in [1.29, 1.82) is 0 Å². The van der Waals surface area contributed by atoms with E-state index in [0.717, 1.165) is 24.4 Å². The van der Waals surface area contributed by atoms with E-state index in [4.69, 9.17) is 10.5 Å². The van der Waals surface area contributed by atoms with Crippen LogP contribution in [0.1, 0.15) is 19.3 Å². The first kappa shape index (κ1) is 8.38. The number of rotatable bonds is 1. The summed E-state index contributed by atoms with van der Waals surface area (Å²) in [6.45, 7) is 0. The van der Waals surface area contributed by atoms with Crippen LogP contribution in [0.15, 0.2) is 4.99 Å². The average Bonchev–Trinajstić information content (AvgIpc) is 2.43. The molecular formula is C8H14N2OS. The Morgan fingerprint density at radius 1 is 1.58 bits per heavy atom. The molecule has 0 radical (unpaired) electrons. The summed E-state index contributed by atoms with van der Waals surface area (Å²) in [5.41, 5.74) is 5.65. The molecule has 0 bridgehead atoms. The quantitative estimate of drug-likeness (QED) is 0.664. The van der Waals surface area contributed by atoms with Crippen LogP contribution in [-0.4, -0.2) is 29.7 Å². The monoisotopic (exact) mass is 186 g/mol. The fourth-order valence-corrected chi connectivity index (χ4v) is 3.09. The van der Waals surface area contributed by atoms with Crippen molar-refractivity contribution in [1.82, 2.24) is 0 Å². The number of fused-ring (bicyclic) bond motifs is 1. The first-order valence-electron chi connectivity index (χ1n) is 4.32. The normalized spacial score (nSPS) is 40.8. The Labute approximate surface area is 76.8 Å². The molecule has 0 saturated heterocycles. The maximum absolute atomic E-state index is 5.65. The lowest BCUT2D eigenvalue weighted by Crippen LogP contribution is -2.31. The van der Waals surface area contributed by atoms with Crippen molar-refractivity contribution in [3.63, 3.8) is 0 Å². The van der Waals surface area contributed by atoms with Crippen molar-refractivity contribution in [2.75, 3.05) is 7.11 Å². The van der Waals surface area contributed by atoms with Crippen molar-refractivity contribution < 1.29 is 4.74 Å². The van der Waals surface area contributed by atoms with E-state index in [2.05, 4.69) is 4.99 Å². The van der Waals surface area contributed by atoms with Gasteiger partial charge in [0, 0.05) is 12.4 Å². The molecule has 2 rings (SSSR count). The number of ether oxygens (including phenoxy) is 1. The Kier molecular flexibility index (Phi) is 2.28. The molecule has 0 unspecified atom stereocenters. The predicted molar refractivity (Wildman–Crippen MR) is 51.4 cm³/mol. The maximum atomic E-state index is 5.65. The number of aliphatic imine (C=N–C) groups is 1. The number of methoxy groups -OCH3 is 1. The lowest BCUT2D eigenvalue weighted by molar-refractivity contribution is 0.0695. The van der Waals surface area contributed by atoms with Gasteiger partial charge in [-0.2, -0.15) is 0 Å². The van der Waals surface area contributed by atoms with Crippen LogP contribution < -0.4 is 5.73 Å². The number of thioether (sulfide) groups is 1.